The number of allylic oxidation sites excluding steroid dienone is 3. The largest absolute Gasteiger partial charge is 0.396 e. The van der Waals surface area contributed by atoms with E-state index < -0.39 is 17.8 Å². The molecule has 0 spiro atoms. The molecular formula is C23H35NO5. The van der Waals surface area contributed by atoms with Crippen molar-refractivity contribution < 1.29 is 24.5 Å². The van der Waals surface area contributed by atoms with Gasteiger partial charge in [-0.1, -0.05) is 44.4 Å². The number of aliphatic hydroxyl groups is 2. The monoisotopic (exact) mass is 405 g/mol. The molecule has 1 heterocycles. The SMILES string of the molecule is CC(C)=C[C@@H](C)C[C@@H](C)/C=C/C(=O)NC1=C[C@](O)(CCCCCO)[C@H]2O[C@H]2C1=O. The lowest BCUT2D eigenvalue weighted by molar-refractivity contribution is -0.121. The molecule has 0 aromatic carbocycles. The number of fused-ring (bicyclic) bond motifs is 1. The van der Waals surface area contributed by atoms with Gasteiger partial charge in [0.05, 0.1) is 5.70 Å². The molecule has 162 valence electrons. The quantitative estimate of drug-likeness (QED) is 0.212. The first-order valence-electron chi connectivity index (χ1n) is 10.6. The highest BCUT2D eigenvalue weighted by Crippen LogP contribution is 2.42. The molecule has 2 rings (SSSR count). The number of Topliss-reactive ketones (excluding diaryl/α,β-unsaturated/α-hetero) is 1. The topological polar surface area (TPSA) is 99.2 Å². The number of amides is 1. The van der Waals surface area contributed by atoms with Gasteiger partial charge in [-0.05, 0) is 57.1 Å². The Morgan fingerprint density at radius 3 is 2.66 bits per heavy atom. The zero-order valence-electron chi connectivity index (χ0n) is 18.0. The third-order valence-corrected chi connectivity index (χ3v) is 5.33. The van der Waals surface area contributed by atoms with E-state index in [9.17, 15) is 14.7 Å². The van der Waals surface area contributed by atoms with Crippen LogP contribution in [0.25, 0.3) is 0 Å². The average Bonchev–Trinajstić information content (AvgIpc) is 3.43. The minimum Gasteiger partial charge on any atom is -0.396 e. The Labute approximate surface area is 173 Å². The maximum atomic E-state index is 12.4. The summed E-state index contributed by atoms with van der Waals surface area (Å²) in [6.45, 7) is 8.46. The van der Waals surface area contributed by atoms with Gasteiger partial charge in [0.25, 0.3) is 0 Å². The molecule has 1 amide bonds. The molecule has 1 fully saturated rings. The smallest absolute Gasteiger partial charge is 0.248 e. The van der Waals surface area contributed by atoms with E-state index in [1.807, 2.05) is 6.08 Å². The van der Waals surface area contributed by atoms with Crippen molar-refractivity contribution in [3.63, 3.8) is 0 Å². The van der Waals surface area contributed by atoms with Crippen molar-refractivity contribution in [2.24, 2.45) is 11.8 Å². The first-order chi connectivity index (χ1) is 13.7. The van der Waals surface area contributed by atoms with Crippen LogP contribution >= 0.6 is 0 Å². The molecule has 0 unspecified atom stereocenters. The summed E-state index contributed by atoms with van der Waals surface area (Å²) >= 11 is 0. The number of unbranched alkanes of at least 4 members (excludes halogenated alkanes) is 2. The van der Waals surface area contributed by atoms with Crippen LogP contribution in [0.15, 0.2) is 35.6 Å². The van der Waals surface area contributed by atoms with Crippen LogP contribution < -0.4 is 5.32 Å². The lowest BCUT2D eigenvalue weighted by Crippen LogP contribution is -2.43. The summed E-state index contributed by atoms with van der Waals surface area (Å²) in [5.74, 6) is -0.0211. The lowest BCUT2D eigenvalue weighted by atomic mass is 9.84. The summed E-state index contributed by atoms with van der Waals surface area (Å²) in [4.78, 5) is 24.7. The number of rotatable bonds is 11. The van der Waals surface area contributed by atoms with Gasteiger partial charge in [-0.25, -0.2) is 0 Å². The van der Waals surface area contributed by atoms with Gasteiger partial charge < -0.3 is 20.3 Å². The van der Waals surface area contributed by atoms with E-state index >= 15 is 0 Å². The van der Waals surface area contributed by atoms with Gasteiger partial charge in [-0.2, -0.15) is 0 Å². The number of hydrogen-bond acceptors (Lipinski definition) is 5. The summed E-state index contributed by atoms with van der Waals surface area (Å²) in [5, 5.41) is 22.4. The fourth-order valence-corrected chi connectivity index (χ4v) is 3.99. The molecule has 29 heavy (non-hydrogen) atoms. The number of hydrogen-bond donors (Lipinski definition) is 3. The predicted molar refractivity (Wildman–Crippen MR) is 112 cm³/mol. The third kappa shape index (κ3) is 6.91. The van der Waals surface area contributed by atoms with Gasteiger partial charge in [0.2, 0.25) is 11.7 Å². The Morgan fingerprint density at radius 2 is 2.00 bits per heavy atom. The second kappa shape index (κ2) is 10.3. The molecule has 0 aromatic rings. The lowest BCUT2D eigenvalue weighted by Gasteiger charge is -2.26. The van der Waals surface area contributed by atoms with Crippen LogP contribution in [-0.2, 0) is 14.3 Å². The minimum absolute atomic E-state index is 0.105. The molecule has 0 aromatic heterocycles. The Kier molecular flexibility index (Phi) is 8.37. The summed E-state index contributed by atoms with van der Waals surface area (Å²) in [5.41, 5.74) is 0.125. The van der Waals surface area contributed by atoms with E-state index in [0.717, 1.165) is 12.8 Å². The van der Waals surface area contributed by atoms with Gasteiger partial charge in [0, 0.05) is 6.61 Å². The molecule has 1 aliphatic heterocycles. The summed E-state index contributed by atoms with van der Waals surface area (Å²) in [6.07, 6.45) is 9.26. The molecule has 1 aliphatic carbocycles. The summed E-state index contributed by atoms with van der Waals surface area (Å²) in [6, 6.07) is 0. The Balaban J connectivity index is 1.94. The molecule has 1 saturated heterocycles. The van der Waals surface area contributed by atoms with Crippen LogP contribution in [-0.4, -0.2) is 46.3 Å². The van der Waals surface area contributed by atoms with Crippen LogP contribution in [0.1, 0.15) is 59.8 Å². The molecule has 0 saturated carbocycles. The van der Waals surface area contributed by atoms with E-state index in [4.69, 9.17) is 9.84 Å². The zero-order chi connectivity index (χ0) is 21.6. The highest BCUT2D eigenvalue weighted by atomic mass is 16.6. The second-order valence-corrected chi connectivity index (χ2v) is 8.71. The van der Waals surface area contributed by atoms with Crippen molar-refractivity contribution in [1.29, 1.82) is 0 Å². The molecule has 0 bridgehead atoms. The fraction of sp³-hybridized carbons (Fsp3) is 0.652. The van der Waals surface area contributed by atoms with Gasteiger partial charge in [-0.3, -0.25) is 9.59 Å². The Bertz CT molecular complexity index is 691. The number of ketones is 1. The summed E-state index contributed by atoms with van der Waals surface area (Å²) in [7, 11) is 0. The highest BCUT2D eigenvalue weighted by molar-refractivity contribution is 6.06. The van der Waals surface area contributed by atoms with Crippen LogP contribution in [0, 0.1) is 11.8 Å². The fourth-order valence-electron chi connectivity index (χ4n) is 3.99. The molecule has 0 radical (unpaired) electrons. The first-order valence-corrected chi connectivity index (χ1v) is 10.6. The average molecular weight is 406 g/mol. The Hall–Kier alpha value is -1.76. The number of ether oxygens (including phenoxy) is 1. The van der Waals surface area contributed by atoms with Crippen LogP contribution in [0.5, 0.6) is 0 Å². The first kappa shape index (κ1) is 23.5. The molecule has 6 nitrogen and oxygen atoms in total. The van der Waals surface area contributed by atoms with Crippen molar-refractivity contribution in [3.05, 3.63) is 35.6 Å². The van der Waals surface area contributed by atoms with Gasteiger partial charge >= 0.3 is 0 Å². The standard InChI is InChI=1S/C23H35NO5/c1-15(2)12-17(4)13-16(3)8-9-19(26)24-18-14-23(28,10-6-5-7-11-25)22-21(29-22)20(18)27/h8-9,12,14,16-17,21-22,25,28H,5-7,10-11,13H2,1-4H3,(H,24,26)/b9-8+/t16-,17+,21-,22-,23+/m0/s1. The maximum Gasteiger partial charge on any atom is 0.248 e. The van der Waals surface area contributed by atoms with Crippen molar-refractivity contribution in [3.8, 4) is 0 Å². The van der Waals surface area contributed by atoms with Crippen LogP contribution in [0.3, 0.4) is 0 Å². The van der Waals surface area contributed by atoms with Crippen molar-refractivity contribution in [1.82, 2.24) is 5.32 Å². The number of carbonyl (C=O) groups is 2. The van der Waals surface area contributed by atoms with E-state index in [0.29, 0.717) is 25.2 Å². The number of nitrogens with one attached hydrogen (secondary N) is 1. The predicted octanol–water partition coefficient (Wildman–Crippen LogP) is 2.81. The Morgan fingerprint density at radius 1 is 1.28 bits per heavy atom. The van der Waals surface area contributed by atoms with Gasteiger partial charge in [0.15, 0.2) is 6.10 Å². The van der Waals surface area contributed by atoms with Crippen LogP contribution in [0.2, 0.25) is 0 Å². The zero-order valence-corrected chi connectivity index (χ0v) is 18.0. The maximum absolute atomic E-state index is 12.4. The number of carbonyl (C=O) groups excluding carboxylic acids is 2. The molecule has 5 atom stereocenters. The van der Waals surface area contributed by atoms with Crippen molar-refractivity contribution in [2.75, 3.05) is 6.61 Å². The van der Waals surface area contributed by atoms with E-state index in [1.165, 1.54) is 17.7 Å². The van der Waals surface area contributed by atoms with Gasteiger partial charge in [0.1, 0.15) is 11.7 Å². The minimum atomic E-state index is -1.26. The van der Waals surface area contributed by atoms with E-state index in [-0.39, 0.29) is 29.9 Å². The van der Waals surface area contributed by atoms with Gasteiger partial charge in [-0.15, -0.1) is 0 Å². The summed E-state index contributed by atoms with van der Waals surface area (Å²) < 4.78 is 5.37. The normalized spacial score (nSPS) is 27.8. The number of epoxide rings is 1. The molecule has 6 heteroatoms. The molecular weight excluding hydrogens is 370 g/mol. The third-order valence-electron chi connectivity index (χ3n) is 5.33. The van der Waals surface area contributed by atoms with E-state index in [2.05, 4.69) is 39.1 Å². The van der Waals surface area contributed by atoms with E-state index in [1.54, 1.807) is 0 Å². The number of aliphatic hydroxyl groups excluding tert-OH is 1. The van der Waals surface area contributed by atoms with Crippen molar-refractivity contribution >= 4 is 11.7 Å². The molecule has 2 aliphatic rings. The van der Waals surface area contributed by atoms with Crippen molar-refractivity contribution in [2.45, 2.75) is 77.6 Å². The highest BCUT2D eigenvalue weighted by Gasteiger charge is 2.60. The second-order valence-electron chi connectivity index (χ2n) is 8.71. The molecule has 3 N–H and O–H groups in total. The van der Waals surface area contributed by atoms with Crippen LogP contribution in [0.4, 0.5) is 0 Å².